The SMILES string of the molecule is OC1(c2cccc(F)c2)CCOCC1. The second-order valence-electron chi connectivity index (χ2n) is 3.65. The van der Waals surface area contributed by atoms with Gasteiger partial charge in [0.25, 0.3) is 0 Å². The summed E-state index contributed by atoms with van der Waals surface area (Å²) in [6.45, 7) is 1.07. The van der Waals surface area contributed by atoms with E-state index in [2.05, 4.69) is 0 Å². The van der Waals surface area contributed by atoms with Crippen LogP contribution in [0, 0.1) is 5.82 Å². The van der Waals surface area contributed by atoms with Gasteiger partial charge < -0.3 is 9.84 Å². The highest BCUT2D eigenvalue weighted by Crippen LogP contribution is 2.31. The van der Waals surface area contributed by atoms with Crippen LogP contribution >= 0.6 is 0 Å². The van der Waals surface area contributed by atoms with Crippen LogP contribution in [-0.4, -0.2) is 18.3 Å². The Morgan fingerprint density at radius 1 is 1.29 bits per heavy atom. The lowest BCUT2D eigenvalue weighted by atomic mass is 9.86. The summed E-state index contributed by atoms with van der Waals surface area (Å²) < 4.78 is 18.1. The first-order chi connectivity index (χ1) is 6.71. The topological polar surface area (TPSA) is 29.5 Å². The number of ether oxygens (including phenoxy) is 1. The van der Waals surface area contributed by atoms with Crippen molar-refractivity contribution in [2.75, 3.05) is 13.2 Å². The number of benzene rings is 1. The first-order valence-electron chi connectivity index (χ1n) is 4.77. The van der Waals surface area contributed by atoms with Gasteiger partial charge in [0.2, 0.25) is 0 Å². The fraction of sp³-hybridized carbons (Fsp3) is 0.455. The molecular formula is C11H13FO2. The molecule has 14 heavy (non-hydrogen) atoms. The Kier molecular flexibility index (Phi) is 2.52. The van der Waals surface area contributed by atoms with Crippen LogP contribution in [0.1, 0.15) is 18.4 Å². The zero-order valence-electron chi connectivity index (χ0n) is 7.87. The fourth-order valence-corrected chi connectivity index (χ4v) is 1.78. The van der Waals surface area contributed by atoms with Gasteiger partial charge in [0.15, 0.2) is 0 Å². The maximum Gasteiger partial charge on any atom is 0.123 e. The molecule has 1 fully saturated rings. The van der Waals surface area contributed by atoms with E-state index in [0.717, 1.165) is 0 Å². The van der Waals surface area contributed by atoms with Crippen LogP contribution in [0.4, 0.5) is 4.39 Å². The summed E-state index contributed by atoms with van der Waals surface area (Å²) >= 11 is 0. The van der Waals surface area contributed by atoms with E-state index in [4.69, 9.17) is 4.74 Å². The molecule has 0 aromatic heterocycles. The van der Waals surface area contributed by atoms with Crippen LogP contribution < -0.4 is 0 Å². The molecule has 2 rings (SSSR count). The van der Waals surface area contributed by atoms with Crippen molar-refractivity contribution in [3.63, 3.8) is 0 Å². The maximum atomic E-state index is 12.9. The van der Waals surface area contributed by atoms with Crippen LogP contribution in [0.15, 0.2) is 24.3 Å². The molecule has 2 nitrogen and oxygen atoms in total. The smallest absolute Gasteiger partial charge is 0.123 e. The molecular weight excluding hydrogens is 183 g/mol. The molecule has 1 heterocycles. The minimum atomic E-state index is -0.902. The van der Waals surface area contributed by atoms with Crippen molar-refractivity contribution in [2.45, 2.75) is 18.4 Å². The number of hydrogen-bond donors (Lipinski definition) is 1. The van der Waals surface area contributed by atoms with Gasteiger partial charge in [-0.25, -0.2) is 4.39 Å². The third kappa shape index (κ3) is 1.79. The third-order valence-corrected chi connectivity index (χ3v) is 2.68. The predicted molar refractivity (Wildman–Crippen MR) is 50.3 cm³/mol. The minimum Gasteiger partial charge on any atom is -0.385 e. The zero-order chi connectivity index (χ0) is 10.0. The van der Waals surface area contributed by atoms with E-state index in [1.807, 2.05) is 0 Å². The Hall–Kier alpha value is -0.930. The van der Waals surface area contributed by atoms with Crippen LogP contribution in [0.5, 0.6) is 0 Å². The van der Waals surface area contributed by atoms with E-state index in [0.29, 0.717) is 31.6 Å². The first-order valence-corrected chi connectivity index (χ1v) is 4.77. The molecule has 0 saturated carbocycles. The van der Waals surface area contributed by atoms with Crippen LogP contribution in [-0.2, 0) is 10.3 Å². The molecule has 1 saturated heterocycles. The maximum absolute atomic E-state index is 12.9. The Labute approximate surface area is 82.3 Å². The quantitative estimate of drug-likeness (QED) is 0.742. The molecule has 0 atom stereocenters. The summed E-state index contributed by atoms with van der Waals surface area (Å²) in [5.74, 6) is -0.303. The molecule has 0 bridgehead atoms. The third-order valence-electron chi connectivity index (χ3n) is 2.68. The van der Waals surface area contributed by atoms with E-state index < -0.39 is 5.60 Å². The molecule has 3 heteroatoms. The molecule has 0 aliphatic carbocycles. The number of hydrogen-bond acceptors (Lipinski definition) is 2. The van der Waals surface area contributed by atoms with Crippen LogP contribution in [0.25, 0.3) is 0 Å². The molecule has 0 unspecified atom stereocenters. The summed E-state index contributed by atoms with van der Waals surface area (Å²) in [4.78, 5) is 0. The van der Waals surface area contributed by atoms with Gasteiger partial charge in [0.05, 0.1) is 5.60 Å². The largest absolute Gasteiger partial charge is 0.385 e. The number of halogens is 1. The van der Waals surface area contributed by atoms with Crippen LogP contribution in [0.3, 0.4) is 0 Å². The normalized spacial score (nSPS) is 20.7. The predicted octanol–water partition coefficient (Wildman–Crippen LogP) is 1.82. The zero-order valence-corrected chi connectivity index (χ0v) is 7.87. The highest BCUT2D eigenvalue weighted by Gasteiger charge is 2.31. The van der Waals surface area contributed by atoms with E-state index >= 15 is 0 Å². The van der Waals surface area contributed by atoms with Crippen molar-refractivity contribution in [2.24, 2.45) is 0 Å². The monoisotopic (exact) mass is 196 g/mol. The van der Waals surface area contributed by atoms with E-state index in [-0.39, 0.29) is 5.82 Å². The lowest BCUT2D eigenvalue weighted by molar-refractivity contribution is -0.0680. The molecule has 1 N–H and O–H groups in total. The summed E-state index contributed by atoms with van der Waals surface area (Å²) in [6, 6.07) is 6.16. The summed E-state index contributed by atoms with van der Waals surface area (Å²) in [7, 11) is 0. The lowest BCUT2D eigenvalue weighted by Crippen LogP contribution is -2.33. The molecule has 0 radical (unpaired) electrons. The van der Waals surface area contributed by atoms with Crippen molar-refractivity contribution >= 4 is 0 Å². The molecule has 1 aliphatic rings. The molecule has 76 valence electrons. The van der Waals surface area contributed by atoms with Gasteiger partial charge in [0, 0.05) is 26.1 Å². The summed E-state index contributed by atoms with van der Waals surface area (Å²) in [5.41, 5.74) is -0.249. The van der Waals surface area contributed by atoms with Gasteiger partial charge in [-0.15, -0.1) is 0 Å². The minimum absolute atomic E-state index is 0.303. The number of aliphatic hydroxyl groups is 1. The van der Waals surface area contributed by atoms with Gasteiger partial charge in [-0.2, -0.15) is 0 Å². The molecule has 1 aliphatic heterocycles. The molecule has 1 aromatic rings. The van der Waals surface area contributed by atoms with Gasteiger partial charge >= 0.3 is 0 Å². The second-order valence-corrected chi connectivity index (χ2v) is 3.65. The van der Waals surface area contributed by atoms with E-state index in [1.54, 1.807) is 12.1 Å². The molecule has 1 aromatic carbocycles. The van der Waals surface area contributed by atoms with Crippen molar-refractivity contribution in [1.82, 2.24) is 0 Å². The highest BCUT2D eigenvalue weighted by atomic mass is 19.1. The standard InChI is InChI=1S/C11H13FO2/c12-10-3-1-2-9(8-10)11(13)4-6-14-7-5-11/h1-3,8,13H,4-7H2. The summed E-state index contributed by atoms with van der Waals surface area (Å²) in [5, 5.41) is 10.2. The van der Waals surface area contributed by atoms with Gasteiger partial charge in [-0.1, -0.05) is 12.1 Å². The van der Waals surface area contributed by atoms with Gasteiger partial charge in [0.1, 0.15) is 5.82 Å². The van der Waals surface area contributed by atoms with Crippen LogP contribution in [0.2, 0.25) is 0 Å². The van der Waals surface area contributed by atoms with E-state index in [9.17, 15) is 9.50 Å². The Balaban J connectivity index is 2.28. The fourth-order valence-electron chi connectivity index (χ4n) is 1.78. The van der Waals surface area contributed by atoms with Gasteiger partial charge in [-0.3, -0.25) is 0 Å². The van der Waals surface area contributed by atoms with Gasteiger partial charge in [-0.05, 0) is 17.7 Å². The number of rotatable bonds is 1. The molecule has 0 amide bonds. The average Bonchev–Trinajstić information content (AvgIpc) is 2.19. The molecule has 0 spiro atoms. The van der Waals surface area contributed by atoms with Crippen molar-refractivity contribution in [1.29, 1.82) is 0 Å². The van der Waals surface area contributed by atoms with Crippen molar-refractivity contribution < 1.29 is 14.2 Å². The first kappa shape index (κ1) is 9.62. The Morgan fingerprint density at radius 2 is 2.00 bits per heavy atom. The highest BCUT2D eigenvalue weighted by molar-refractivity contribution is 5.23. The van der Waals surface area contributed by atoms with Crippen molar-refractivity contribution in [3.05, 3.63) is 35.6 Å². The van der Waals surface area contributed by atoms with Crippen molar-refractivity contribution in [3.8, 4) is 0 Å². The lowest BCUT2D eigenvalue weighted by Gasteiger charge is -2.32. The summed E-state index contributed by atoms with van der Waals surface area (Å²) in [6.07, 6.45) is 1.08. The average molecular weight is 196 g/mol. The Morgan fingerprint density at radius 3 is 2.64 bits per heavy atom. The second kappa shape index (κ2) is 3.67. The Bertz CT molecular complexity index is 319. The van der Waals surface area contributed by atoms with E-state index in [1.165, 1.54) is 12.1 Å².